The van der Waals surface area contributed by atoms with Crippen LogP contribution in [0.1, 0.15) is 10.4 Å². The van der Waals surface area contributed by atoms with Crippen LogP contribution in [0.5, 0.6) is 0 Å². The molecule has 0 saturated carbocycles. The largest absolute Gasteiger partial charge is 0.324 e. The van der Waals surface area contributed by atoms with E-state index in [-0.39, 0.29) is 5.91 Å². The van der Waals surface area contributed by atoms with Gasteiger partial charge in [0.25, 0.3) is 5.91 Å². The number of para-hydroxylation sites is 2. The number of amides is 1. The van der Waals surface area contributed by atoms with Crippen molar-refractivity contribution in [1.82, 2.24) is 9.78 Å². The summed E-state index contributed by atoms with van der Waals surface area (Å²) in [6.07, 6.45) is 1.74. The molecule has 2 aromatic carbocycles. The van der Waals surface area contributed by atoms with Crippen LogP contribution in [-0.2, 0) is 7.05 Å². The zero-order valence-electron chi connectivity index (χ0n) is 13.3. The summed E-state index contributed by atoms with van der Waals surface area (Å²) in [5.41, 5.74) is 2.82. The van der Waals surface area contributed by atoms with E-state index in [1.54, 1.807) is 22.8 Å². The fourth-order valence-corrected chi connectivity index (χ4v) is 3.36. The average Bonchev–Trinajstić information content (AvgIpc) is 2.94. The van der Waals surface area contributed by atoms with Crippen molar-refractivity contribution in [2.24, 2.45) is 7.05 Å². The maximum Gasteiger partial charge on any atom is 0.268 e. The number of fused-ring (bicyclic) bond motifs is 2. The summed E-state index contributed by atoms with van der Waals surface area (Å²) < 4.78 is 1.64. The zero-order chi connectivity index (χ0) is 16.8. The molecule has 0 spiro atoms. The Morgan fingerprint density at radius 3 is 2.50 bits per heavy atom. The molecule has 0 N–H and O–H groups in total. The number of nitrogens with zero attached hydrogens (tertiary/aromatic N) is 4. The van der Waals surface area contributed by atoms with Gasteiger partial charge in [-0.2, -0.15) is 5.10 Å². The van der Waals surface area contributed by atoms with Crippen LogP contribution >= 0.6 is 11.6 Å². The smallest absolute Gasteiger partial charge is 0.268 e. The molecular weight excluding hydrogens is 324 g/mol. The first-order valence-electron chi connectivity index (χ1n) is 7.53. The van der Waals surface area contributed by atoms with E-state index in [1.807, 2.05) is 60.5 Å². The van der Waals surface area contributed by atoms with E-state index < -0.39 is 0 Å². The molecule has 6 heteroatoms. The van der Waals surface area contributed by atoms with Crippen LogP contribution in [0.15, 0.2) is 54.7 Å². The topological polar surface area (TPSA) is 41.4 Å². The Morgan fingerprint density at radius 1 is 1.00 bits per heavy atom. The highest BCUT2D eigenvalue weighted by molar-refractivity contribution is 6.35. The Kier molecular flexibility index (Phi) is 3.32. The number of halogens is 1. The quantitative estimate of drug-likeness (QED) is 0.669. The highest BCUT2D eigenvalue weighted by atomic mass is 35.5. The minimum atomic E-state index is -0.128. The summed E-state index contributed by atoms with van der Waals surface area (Å²) in [6.45, 7) is 0. The Hall–Kier alpha value is -2.79. The molecular formula is C18H15ClN4O. The van der Waals surface area contributed by atoms with Gasteiger partial charge in [0.15, 0.2) is 5.82 Å². The van der Waals surface area contributed by atoms with Crippen LogP contribution in [-0.4, -0.2) is 22.7 Å². The Balaban J connectivity index is 2.05. The van der Waals surface area contributed by atoms with Gasteiger partial charge in [0.05, 0.1) is 16.4 Å². The van der Waals surface area contributed by atoms with Gasteiger partial charge < -0.3 is 4.90 Å². The number of aryl methyl sites for hydroxylation is 1. The summed E-state index contributed by atoms with van der Waals surface area (Å²) in [5, 5.41) is 5.02. The fourth-order valence-electron chi connectivity index (χ4n) is 3.06. The fraction of sp³-hybridized carbons (Fsp3) is 0.111. The van der Waals surface area contributed by atoms with Crippen molar-refractivity contribution in [3.8, 4) is 0 Å². The van der Waals surface area contributed by atoms with E-state index in [0.717, 1.165) is 17.1 Å². The van der Waals surface area contributed by atoms with Gasteiger partial charge in [-0.15, -0.1) is 0 Å². The van der Waals surface area contributed by atoms with Gasteiger partial charge in [0, 0.05) is 26.0 Å². The zero-order valence-corrected chi connectivity index (χ0v) is 14.0. The summed E-state index contributed by atoms with van der Waals surface area (Å²) in [7, 11) is 3.68. The number of benzene rings is 2. The van der Waals surface area contributed by atoms with E-state index in [4.69, 9.17) is 11.6 Å². The van der Waals surface area contributed by atoms with Crippen molar-refractivity contribution in [2.45, 2.75) is 0 Å². The lowest BCUT2D eigenvalue weighted by atomic mass is 10.2. The number of rotatable bonds is 1. The highest BCUT2D eigenvalue weighted by Crippen LogP contribution is 2.45. The van der Waals surface area contributed by atoms with Gasteiger partial charge in [-0.3, -0.25) is 14.4 Å². The number of hydrogen-bond acceptors (Lipinski definition) is 3. The molecule has 0 aliphatic carbocycles. The van der Waals surface area contributed by atoms with Crippen LogP contribution in [0.2, 0.25) is 5.02 Å². The van der Waals surface area contributed by atoms with Crippen molar-refractivity contribution in [3.05, 3.63) is 65.3 Å². The van der Waals surface area contributed by atoms with E-state index in [2.05, 4.69) is 5.10 Å². The standard InChI is InChI=1S/C18H15ClN4O/c1-21-11-13-17(20-21)22(2)16-14(19)9-6-10-15(16)23(18(13)24)12-7-4-3-5-8-12/h3-11H,1-2H3. The Labute approximate surface area is 144 Å². The molecule has 120 valence electrons. The molecule has 2 heterocycles. The van der Waals surface area contributed by atoms with Crippen LogP contribution < -0.4 is 9.80 Å². The third-order valence-electron chi connectivity index (χ3n) is 4.12. The van der Waals surface area contributed by atoms with Crippen molar-refractivity contribution in [3.63, 3.8) is 0 Å². The number of aromatic nitrogens is 2. The predicted octanol–water partition coefficient (Wildman–Crippen LogP) is 4.13. The Bertz CT molecular complexity index is 935. The maximum atomic E-state index is 13.3. The van der Waals surface area contributed by atoms with Crippen LogP contribution in [0.3, 0.4) is 0 Å². The molecule has 24 heavy (non-hydrogen) atoms. The molecule has 4 rings (SSSR count). The van der Waals surface area contributed by atoms with E-state index in [0.29, 0.717) is 16.4 Å². The van der Waals surface area contributed by atoms with Gasteiger partial charge in [0.2, 0.25) is 0 Å². The molecule has 1 aromatic heterocycles. The van der Waals surface area contributed by atoms with E-state index in [1.165, 1.54) is 0 Å². The first kappa shape index (κ1) is 14.8. The lowest BCUT2D eigenvalue weighted by Crippen LogP contribution is -2.25. The lowest BCUT2D eigenvalue weighted by Gasteiger charge is -2.25. The van der Waals surface area contributed by atoms with Crippen molar-refractivity contribution in [1.29, 1.82) is 0 Å². The average molecular weight is 339 g/mol. The first-order valence-corrected chi connectivity index (χ1v) is 7.91. The minimum Gasteiger partial charge on any atom is -0.324 e. The predicted molar refractivity (Wildman–Crippen MR) is 95.6 cm³/mol. The highest BCUT2D eigenvalue weighted by Gasteiger charge is 2.33. The molecule has 0 fully saturated rings. The van der Waals surface area contributed by atoms with Crippen LogP contribution in [0.4, 0.5) is 22.9 Å². The van der Waals surface area contributed by atoms with E-state index >= 15 is 0 Å². The number of carbonyl (C=O) groups is 1. The number of hydrogen-bond donors (Lipinski definition) is 0. The lowest BCUT2D eigenvalue weighted by molar-refractivity contribution is 0.100. The van der Waals surface area contributed by atoms with Gasteiger partial charge >= 0.3 is 0 Å². The van der Waals surface area contributed by atoms with Gasteiger partial charge in [-0.05, 0) is 24.3 Å². The van der Waals surface area contributed by atoms with Gasteiger partial charge in [0.1, 0.15) is 5.56 Å². The molecule has 5 nitrogen and oxygen atoms in total. The molecule has 0 unspecified atom stereocenters. The molecule has 1 aliphatic heterocycles. The molecule has 1 aliphatic rings. The SMILES string of the molecule is CN1c2nn(C)cc2C(=O)N(c2ccccc2)c2cccc(Cl)c21. The minimum absolute atomic E-state index is 0.128. The number of carbonyl (C=O) groups excluding carboxylic acids is 1. The molecule has 0 bridgehead atoms. The molecule has 3 aromatic rings. The molecule has 0 atom stereocenters. The second kappa shape index (κ2) is 5.39. The van der Waals surface area contributed by atoms with Crippen molar-refractivity contribution < 1.29 is 4.79 Å². The maximum absolute atomic E-state index is 13.3. The summed E-state index contributed by atoms with van der Waals surface area (Å²) in [5.74, 6) is 0.465. The molecule has 0 saturated heterocycles. The van der Waals surface area contributed by atoms with Crippen LogP contribution in [0, 0.1) is 0 Å². The van der Waals surface area contributed by atoms with Gasteiger partial charge in [-0.25, -0.2) is 0 Å². The van der Waals surface area contributed by atoms with Crippen LogP contribution in [0.25, 0.3) is 0 Å². The van der Waals surface area contributed by atoms with Crippen molar-refractivity contribution in [2.75, 3.05) is 16.8 Å². The first-order chi connectivity index (χ1) is 11.6. The summed E-state index contributed by atoms with van der Waals surface area (Å²) in [6, 6.07) is 15.1. The number of anilines is 4. The van der Waals surface area contributed by atoms with Gasteiger partial charge in [-0.1, -0.05) is 35.9 Å². The third kappa shape index (κ3) is 2.09. The second-order valence-electron chi connectivity index (χ2n) is 5.68. The summed E-state index contributed by atoms with van der Waals surface area (Å²) in [4.78, 5) is 16.8. The monoisotopic (exact) mass is 338 g/mol. The summed E-state index contributed by atoms with van der Waals surface area (Å²) >= 11 is 6.47. The molecule has 1 amide bonds. The van der Waals surface area contributed by atoms with Crippen molar-refractivity contribution >= 4 is 40.4 Å². The van der Waals surface area contributed by atoms with E-state index in [9.17, 15) is 4.79 Å². The normalized spacial score (nSPS) is 13.5. The third-order valence-corrected chi connectivity index (χ3v) is 4.42. The second-order valence-corrected chi connectivity index (χ2v) is 6.09. The Morgan fingerprint density at radius 2 is 1.75 bits per heavy atom. The molecule has 0 radical (unpaired) electrons.